The average Bonchev–Trinajstić information content (AvgIpc) is 1.58. The molecule has 9 rings (SSSR count). The lowest BCUT2D eigenvalue weighted by molar-refractivity contribution is -0.128. The monoisotopic (exact) mass is 1400 g/mol. The fraction of sp³-hybridized carbons (Fsp3) is 0.441. The average molecular weight is 1400 g/mol. The van der Waals surface area contributed by atoms with Crippen molar-refractivity contribution in [1.82, 2.24) is 25.8 Å². The third-order valence-electron chi connectivity index (χ3n) is 17.1. The number of alkyl halides is 3. The number of ether oxygens (including phenoxy) is 9. The quantitative estimate of drug-likeness (QED) is 0.0153. The van der Waals surface area contributed by atoms with Crippen LogP contribution in [0.3, 0.4) is 0 Å². The molecule has 520 valence electrons. The first kappa shape index (κ1) is 72.2. The molecule has 4 heterocycles. The van der Waals surface area contributed by atoms with Gasteiger partial charge >= 0.3 is 24.4 Å². The summed E-state index contributed by atoms with van der Waals surface area (Å²) in [6.45, 7) is 10.3. The number of nitrogens with zero attached hydrogens (tertiary/aromatic N) is 4. The molecule has 4 aliphatic heterocycles. The number of alkyl carbamates (subject to hydrolysis) is 2. The van der Waals surface area contributed by atoms with E-state index < -0.39 is 88.8 Å². The number of amides is 8. The van der Waals surface area contributed by atoms with Gasteiger partial charge in [-0.15, -0.1) is 0 Å². The van der Waals surface area contributed by atoms with Crippen molar-refractivity contribution in [2.24, 2.45) is 11.3 Å². The summed E-state index contributed by atoms with van der Waals surface area (Å²) < 4.78 is 49.0. The molecule has 4 aromatic rings. The molecule has 1 saturated heterocycles. The zero-order valence-electron chi connectivity index (χ0n) is 54.4. The fourth-order valence-electron chi connectivity index (χ4n) is 11.9. The van der Waals surface area contributed by atoms with Crippen molar-refractivity contribution in [2.75, 3.05) is 89.1 Å². The molecule has 1 aliphatic carbocycles. The Morgan fingerprint density at radius 3 is 2.00 bits per heavy atom. The maximum absolute atomic E-state index is 14.6. The zero-order valence-corrected chi connectivity index (χ0v) is 56.6. The molecular formula is C68H79Cl3N8O18. The molecule has 29 heteroatoms. The second-order valence-electron chi connectivity index (χ2n) is 24.2. The van der Waals surface area contributed by atoms with Crippen LogP contribution in [0.5, 0.6) is 28.7 Å². The van der Waals surface area contributed by atoms with Crippen molar-refractivity contribution in [1.29, 1.82) is 0 Å². The van der Waals surface area contributed by atoms with E-state index in [9.17, 15) is 43.5 Å². The smallest absolute Gasteiger partial charge is 0.416 e. The van der Waals surface area contributed by atoms with Gasteiger partial charge in [0.05, 0.1) is 75.7 Å². The van der Waals surface area contributed by atoms with Crippen LogP contribution >= 0.6 is 34.8 Å². The summed E-state index contributed by atoms with van der Waals surface area (Å²) >= 11 is 17.0. The van der Waals surface area contributed by atoms with Gasteiger partial charge < -0.3 is 78.8 Å². The van der Waals surface area contributed by atoms with Crippen LogP contribution < -0.4 is 54.8 Å². The van der Waals surface area contributed by atoms with Crippen molar-refractivity contribution < 1.29 is 86.1 Å². The molecule has 0 aromatic heterocycles. The lowest BCUT2D eigenvalue weighted by Gasteiger charge is -2.31. The number of aliphatic hydroxyl groups is 1. The normalized spacial score (nSPS) is 17.9. The van der Waals surface area contributed by atoms with Crippen LogP contribution in [-0.4, -0.2) is 171 Å². The summed E-state index contributed by atoms with van der Waals surface area (Å²) in [5.74, 6) is -0.996. The number of benzene rings is 4. The minimum Gasteiger partial charge on any atom is -0.497 e. The molecular weight excluding hydrogens is 1320 g/mol. The number of hydrogen-bond donors (Lipinski definition) is 5. The van der Waals surface area contributed by atoms with Gasteiger partial charge in [-0.3, -0.25) is 24.1 Å². The number of aliphatic hydroxyl groups excluding tert-OH is 1. The summed E-state index contributed by atoms with van der Waals surface area (Å²) in [6, 6.07) is 16.5. The van der Waals surface area contributed by atoms with E-state index in [1.807, 2.05) is 24.3 Å². The topological polar surface area (TPSA) is 301 Å². The van der Waals surface area contributed by atoms with Gasteiger partial charge in [0.1, 0.15) is 44.3 Å². The van der Waals surface area contributed by atoms with Gasteiger partial charge in [0.2, 0.25) is 15.6 Å². The number of halogens is 3. The first-order valence-corrected chi connectivity index (χ1v) is 32.7. The van der Waals surface area contributed by atoms with Crippen molar-refractivity contribution in [3.8, 4) is 28.7 Å². The minimum atomic E-state index is -1.80. The fourth-order valence-corrected chi connectivity index (χ4v) is 12.0. The maximum atomic E-state index is 14.6. The zero-order chi connectivity index (χ0) is 69.7. The second kappa shape index (κ2) is 32.3. The molecule has 4 aromatic carbocycles. The number of unbranched alkanes of at least 4 members (excludes halogenated alkanes) is 1. The van der Waals surface area contributed by atoms with E-state index >= 15 is 0 Å². The van der Waals surface area contributed by atoms with E-state index in [1.54, 1.807) is 67.3 Å². The van der Waals surface area contributed by atoms with E-state index in [-0.39, 0.29) is 116 Å². The van der Waals surface area contributed by atoms with Gasteiger partial charge in [0.25, 0.3) is 11.8 Å². The third kappa shape index (κ3) is 17.9. The molecule has 1 saturated carbocycles. The Morgan fingerprint density at radius 1 is 0.732 bits per heavy atom. The van der Waals surface area contributed by atoms with Crippen LogP contribution in [0.2, 0.25) is 0 Å². The van der Waals surface area contributed by atoms with Gasteiger partial charge in [-0.1, -0.05) is 98.2 Å². The predicted molar refractivity (Wildman–Crippen MR) is 360 cm³/mol. The largest absolute Gasteiger partial charge is 0.497 e. The number of fused-ring (bicyclic) bond motifs is 4. The lowest BCUT2D eigenvalue weighted by Crippen LogP contribution is -2.54. The Kier molecular flexibility index (Phi) is 24.0. The number of anilines is 3. The summed E-state index contributed by atoms with van der Waals surface area (Å²) in [4.78, 5) is 115. The summed E-state index contributed by atoms with van der Waals surface area (Å²) in [5, 5.41) is 22.9. The third-order valence-corrected chi connectivity index (χ3v) is 17.4. The highest BCUT2D eigenvalue weighted by Crippen LogP contribution is 2.57. The molecule has 0 bridgehead atoms. The van der Waals surface area contributed by atoms with E-state index in [1.165, 1.54) is 49.5 Å². The standard InChI is InChI=1S/C68H79Cl3N8O18/c1-8-25-94-64(86)75-57(40(3)4)59(81)74-49(13-10-11-24-72-63(85)97-39-68(69,70)71)58(80)73-44-18-14-41(15-19-44)37-96-66(88)79-51-33-56(54(91-7)31-48(51)61(83)78-38-67(22-23-67)34-52(78)62(79)84)93-28-12-27-92-55-32-50-47(30-53(55)90-6)60(82)76-35-43(42-16-20-46(89-5)21-17-42)29-45(76)36-77(50)65(87)95-26-9-2/h8-9,14-21,30-33,35,40,45,49,52,57,62,84H,1-2,10-13,22-29,34,36-39H2,3-7H3,(H,72,85)(H,73,80)(H,74,81)(H,75,86)/t45-,49-,52-,57-,62?/m0/s1. The van der Waals surface area contributed by atoms with Crippen LogP contribution in [-0.2, 0) is 35.1 Å². The predicted octanol–water partition coefficient (Wildman–Crippen LogP) is 10.1. The Bertz CT molecular complexity index is 3620. The molecule has 8 amide bonds. The molecule has 26 nitrogen and oxygen atoms in total. The van der Waals surface area contributed by atoms with Gasteiger partial charge in [-0.2, -0.15) is 0 Å². The highest BCUT2D eigenvalue weighted by atomic mass is 35.6. The molecule has 5 N–H and O–H groups in total. The van der Waals surface area contributed by atoms with E-state index in [2.05, 4.69) is 34.4 Å². The van der Waals surface area contributed by atoms with Crippen LogP contribution in [0.1, 0.15) is 97.1 Å². The first-order chi connectivity index (χ1) is 46.5. The van der Waals surface area contributed by atoms with E-state index in [4.69, 9.17) is 77.4 Å². The van der Waals surface area contributed by atoms with Crippen LogP contribution in [0.25, 0.3) is 5.57 Å². The van der Waals surface area contributed by atoms with E-state index in [0.29, 0.717) is 49.2 Å². The Hall–Kier alpha value is -9.11. The van der Waals surface area contributed by atoms with Crippen molar-refractivity contribution in [3.63, 3.8) is 0 Å². The Morgan fingerprint density at radius 2 is 1.38 bits per heavy atom. The molecule has 97 heavy (non-hydrogen) atoms. The Balaban J connectivity index is 0.870. The van der Waals surface area contributed by atoms with Gasteiger partial charge in [-0.25, -0.2) is 24.1 Å². The summed E-state index contributed by atoms with van der Waals surface area (Å²) in [5.41, 5.74) is 2.94. The Labute approximate surface area is 576 Å². The number of nitrogens with one attached hydrogen (secondary N) is 4. The maximum Gasteiger partial charge on any atom is 0.416 e. The highest BCUT2D eigenvalue weighted by Gasteiger charge is 2.58. The molecule has 1 unspecified atom stereocenters. The van der Waals surface area contributed by atoms with Gasteiger partial charge in [0.15, 0.2) is 29.2 Å². The number of carbonyl (C=O) groups excluding carboxylic acids is 8. The van der Waals surface area contributed by atoms with Crippen LogP contribution in [0.15, 0.2) is 104 Å². The lowest BCUT2D eigenvalue weighted by atomic mass is 10.0. The summed E-state index contributed by atoms with van der Waals surface area (Å²) in [7, 11) is 4.43. The second-order valence-corrected chi connectivity index (χ2v) is 26.7. The SMILES string of the molecule is C=CCOC(=O)N[C@H](C(=O)N[C@@H](CCCCNC(=O)OCC(Cl)(Cl)Cl)C(=O)Nc1ccc(COC(=O)N2c3cc(OCCCOc4cc5c(cc4OC)C(=O)N4C=C(c6ccc(OC)cc6)C[C@H]4CN5C(=O)OCC=C)c(OC)cc3C(=O)N3CC4(CC4)C[C@H]3C2O)cc1)C(C)C. The molecule has 5 atom stereocenters. The van der Waals surface area contributed by atoms with Gasteiger partial charge in [-0.05, 0) is 109 Å². The van der Waals surface area contributed by atoms with Crippen LogP contribution in [0, 0.1) is 11.3 Å². The molecule has 1 spiro atoms. The molecule has 0 radical (unpaired) electrons. The molecule has 2 fully saturated rings. The van der Waals surface area contributed by atoms with Gasteiger partial charge in [0, 0.05) is 43.5 Å². The van der Waals surface area contributed by atoms with Crippen molar-refractivity contribution in [2.45, 2.75) is 106 Å². The number of methoxy groups -OCH3 is 3. The molecule has 5 aliphatic rings. The number of hydrogen-bond acceptors (Lipinski definition) is 18. The first-order valence-electron chi connectivity index (χ1n) is 31.6. The van der Waals surface area contributed by atoms with Crippen molar-refractivity contribution in [3.05, 3.63) is 127 Å². The van der Waals surface area contributed by atoms with Crippen LogP contribution in [0.4, 0.5) is 36.2 Å². The highest BCUT2D eigenvalue weighted by molar-refractivity contribution is 6.67. The van der Waals surface area contributed by atoms with Crippen molar-refractivity contribution >= 4 is 105 Å². The number of carbonyl (C=O) groups is 8. The number of rotatable bonds is 28. The summed E-state index contributed by atoms with van der Waals surface area (Å²) in [6.07, 6.45) is 3.39. The minimum absolute atomic E-state index is 0.00887. The van der Waals surface area contributed by atoms with E-state index in [0.717, 1.165) is 28.9 Å².